The van der Waals surface area contributed by atoms with Crippen molar-refractivity contribution < 1.29 is 24.2 Å². The first kappa shape index (κ1) is 20.9. The molecule has 2 rings (SSSR count). The van der Waals surface area contributed by atoms with Crippen LogP contribution < -0.4 is 5.32 Å². The minimum absolute atomic E-state index is 0.123. The van der Waals surface area contributed by atoms with Crippen LogP contribution >= 0.6 is 0 Å². The fourth-order valence-electron chi connectivity index (χ4n) is 1.97. The summed E-state index contributed by atoms with van der Waals surface area (Å²) in [5.74, 6) is -1.57. The van der Waals surface area contributed by atoms with Crippen LogP contribution in [0.1, 0.15) is 30.6 Å². The third-order valence-electron chi connectivity index (χ3n) is 3.25. The highest BCUT2D eigenvalue weighted by molar-refractivity contribution is 5.96. The SMILES string of the molecule is CCOC(=O)CC.O=C(O)CNC(=O)c1ccc(-c2ccccc2)cc1. The van der Waals surface area contributed by atoms with E-state index in [0.29, 0.717) is 18.6 Å². The lowest BCUT2D eigenvalue weighted by atomic mass is 10.0. The lowest BCUT2D eigenvalue weighted by molar-refractivity contribution is -0.142. The predicted molar refractivity (Wildman–Crippen MR) is 98.8 cm³/mol. The summed E-state index contributed by atoms with van der Waals surface area (Å²) in [6.45, 7) is 3.69. The van der Waals surface area contributed by atoms with Crippen LogP contribution in [-0.2, 0) is 14.3 Å². The molecule has 0 heterocycles. The van der Waals surface area contributed by atoms with Gasteiger partial charge in [0.2, 0.25) is 0 Å². The van der Waals surface area contributed by atoms with Gasteiger partial charge in [0.15, 0.2) is 0 Å². The number of nitrogens with one attached hydrogen (secondary N) is 1. The van der Waals surface area contributed by atoms with Gasteiger partial charge in [-0.25, -0.2) is 0 Å². The first-order valence-electron chi connectivity index (χ1n) is 8.29. The van der Waals surface area contributed by atoms with E-state index in [9.17, 15) is 14.4 Å². The summed E-state index contributed by atoms with van der Waals surface area (Å²) in [7, 11) is 0. The van der Waals surface area contributed by atoms with Crippen LogP contribution in [-0.4, -0.2) is 36.1 Å². The summed E-state index contributed by atoms with van der Waals surface area (Å²) in [6, 6.07) is 16.8. The molecule has 26 heavy (non-hydrogen) atoms. The molecule has 0 bridgehead atoms. The Bertz CT molecular complexity index is 711. The summed E-state index contributed by atoms with van der Waals surface area (Å²) >= 11 is 0. The Hall–Kier alpha value is -3.15. The Morgan fingerprint density at radius 1 is 0.923 bits per heavy atom. The van der Waals surface area contributed by atoms with Crippen LogP contribution in [0.4, 0.5) is 0 Å². The molecule has 0 saturated carbocycles. The molecule has 0 radical (unpaired) electrons. The first-order chi connectivity index (χ1) is 12.5. The van der Waals surface area contributed by atoms with Crippen LogP contribution in [0.2, 0.25) is 0 Å². The second-order valence-electron chi connectivity index (χ2n) is 5.18. The van der Waals surface area contributed by atoms with Crippen LogP contribution in [0.5, 0.6) is 0 Å². The average Bonchev–Trinajstić information content (AvgIpc) is 2.67. The number of hydrogen-bond acceptors (Lipinski definition) is 4. The largest absolute Gasteiger partial charge is 0.480 e. The van der Waals surface area contributed by atoms with Gasteiger partial charge in [-0.3, -0.25) is 14.4 Å². The van der Waals surface area contributed by atoms with Crippen molar-refractivity contribution in [2.75, 3.05) is 13.2 Å². The number of rotatable bonds is 6. The Labute approximate surface area is 152 Å². The topological polar surface area (TPSA) is 92.7 Å². The molecule has 0 atom stereocenters. The van der Waals surface area contributed by atoms with Crippen molar-refractivity contribution in [3.05, 3.63) is 60.2 Å². The summed E-state index contributed by atoms with van der Waals surface area (Å²) in [5.41, 5.74) is 2.52. The van der Waals surface area contributed by atoms with E-state index < -0.39 is 5.97 Å². The molecule has 138 valence electrons. The smallest absolute Gasteiger partial charge is 0.322 e. The molecule has 2 N–H and O–H groups in total. The van der Waals surface area contributed by atoms with Gasteiger partial charge < -0.3 is 15.2 Å². The third-order valence-corrected chi connectivity index (χ3v) is 3.25. The predicted octanol–water partition coefficient (Wildman–Crippen LogP) is 3.13. The fourth-order valence-corrected chi connectivity index (χ4v) is 1.97. The summed E-state index contributed by atoms with van der Waals surface area (Å²) in [5, 5.41) is 10.8. The number of benzene rings is 2. The highest BCUT2D eigenvalue weighted by Crippen LogP contribution is 2.19. The maximum atomic E-state index is 11.6. The van der Waals surface area contributed by atoms with Gasteiger partial charge in [-0.05, 0) is 30.2 Å². The Balaban J connectivity index is 0.000000412. The van der Waals surface area contributed by atoms with Gasteiger partial charge in [0, 0.05) is 12.0 Å². The van der Waals surface area contributed by atoms with Crippen molar-refractivity contribution in [2.45, 2.75) is 20.3 Å². The quantitative estimate of drug-likeness (QED) is 0.775. The maximum Gasteiger partial charge on any atom is 0.322 e. The molecule has 0 fully saturated rings. The minimum Gasteiger partial charge on any atom is -0.480 e. The molecule has 0 saturated heterocycles. The standard InChI is InChI=1S/C15H13NO3.C5H10O2/c17-14(18)10-16-15(19)13-8-6-12(7-9-13)11-4-2-1-3-5-11;1-3-5(6)7-4-2/h1-9H,10H2,(H,16,19)(H,17,18);3-4H2,1-2H3. The molecule has 0 aliphatic heterocycles. The van der Waals surface area contributed by atoms with Crippen LogP contribution in [0.15, 0.2) is 54.6 Å². The molecule has 1 amide bonds. The number of carboxylic acids is 1. The molecule has 0 unspecified atom stereocenters. The molecule has 6 heteroatoms. The van der Waals surface area contributed by atoms with Crippen LogP contribution in [0.3, 0.4) is 0 Å². The number of carbonyl (C=O) groups is 3. The number of carbonyl (C=O) groups excluding carboxylic acids is 2. The fraction of sp³-hybridized carbons (Fsp3) is 0.250. The van der Waals surface area contributed by atoms with Crippen LogP contribution in [0, 0.1) is 0 Å². The first-order valence-corrected chi connectivity index (χ1v) is 8.29. The van der Waals surface area contributed by atoms with E-state index in [1.807, 2.05) is 42.5 Å². The lowest BCUT2D eigenvalue weighted by Gasteiger charge is -2.04. The Morgan fingerprint density at radius 2 is 1.50 bits per heavy atom. The zero-order valence-corrected chi connectivity index (χ0v) is 14.9. The highest BCUT2D eigenvalue weighted by Gasteiger charge is 2.07. The second-order valence-corrected chi connectivity index (χ2v) is 5.18. The Morgan fingerprint density at radius 3 is 1.96 bits per heavy atom. The van der Waals surface area contributed by atoms with Crippen molar-refractivity contribution in [3.63, 3.8) is 0 Å². The van der Waals surface area contributed by atoms with Crippen molar-refractivity contribution in [1.29, 1.82) is 0 Å². The van der Waals surface area contributed by atoms with Gasteiger partial charge in [-0.15, -0.1) is 0 Å². The molecule has 2 aromatic carbocycles. The summed E-state index contributed by atoms with van der Waals surface area (Å²) < 4.78 is 4.55. The molecular formula is C20H23NO5. The normalized spacial score (nSPS) is 9.46. The molecule has 0 aliphatic rings. The van der Waals surface area contributed by atoms with Gasteiger partial charge in [0.05, 0.1) is 6.61 Å². The number of amides is 1. The molecule has 0 aliphatic carbocycles. The Kier molecular flexibility index (Phi) is 9.17. The lowest BCUT2D eigenvalue weighted by Crippen LogP contribution is -2.29. The van der Waals surface area contributed by atoms with E-state index in [1.54, 1.807) is 26.0 Å². The zero-order chi connectivity index (χ0) is 19.4. The number of ether oxygens (including phenoxy) is 1. The average molecular weight is 357 g/mol. The highest BCUT2D eigenvalue weighted by atomic mass is 16.5. The van der Waals surface area contributed by atoms with E-state index in [4.69, 9.17) is 5.11 Å². The van der Waals surface area contributed by atoms with Gasteiger partial charge in [0.25, 0.3) is 5.91 Å². The van der Waals surface area contributed by atoms with Gasteiger partial charge in [-0.2, -0.15) is 0 Å². The van der Waals surface area contributed by atoms with Crippen molar-refractivity contribution >= 4 is 17.8 Å². The molecule has 2 aromatic rings. The minimum atomic E-state index is -1.06. The van der Waals surface area contributed by atoms with Gasteiger partial charge >= 0.3 is 11.9 Å². The van der Waals surface area contributed by atoms with E-state index >= 15 is 0 Å². The van der Waals surface area contributed by atoms with E-state index in [1.165, 1.54) is 0 Å². The molecule has 6 nitrogen and oxygen atoms in total. The monoisotopic (exact) mass is 357 g/mol. The van der Waals surface area contributed by atoms with Gasteiger partial charge in [-0.1, -0.05) is 49.4 Å². The number of aliphatic carboxylic acids is 1. The number of hydrogen-bond donors (Lipinski definition) is 2. The van der Waals surface area contributed by atoms with E-state index in [2.05, 4.69) is 10.1 Å². The molecule has 0 spiro atoms. The molecular weight excluding hydrogens is 334 g/mol. The third kappa shape index (κ3) is 7.61. The van der Waals surface area contributed by atoms with E-state index in [-0.39, 0.29) is 18.4 Å². The maximum absolute atomic E-state index is 11.6. The van der Waals surface area contributed by atoms with Gasteiger partial charge in [0.1, 0.15) is 6.54 Å². The van der Waals surface area contributed by atoms with E-state index in [0.717, 1.165) is 11.1 Å². The molecule has 0 aromatic heterocycles. The summed E-state index contributed by atoms with van der Waals surface area (Å²) in [4.78, 5) is 32.2. The number of carboxylic acid groups (broad SMARTS) is 1. The van der Waals surface area contributed by atoms with Crippen molar-refractivity contribution in [3.8, 4) is 11.1 Å². The zero-order valence-electron chi connectivity index (χ0n) is 14.9. The van der Waals surface area contributed by atoms with Crippen LogP contribution in [0.25, 0.3) is 11.1 Å². The van der Waals surface area contributed by atoms with Crippen molar-refractivity contribution in [1.82, 2.24) is 5.32 Å². The van der Waals surface area contributed by atoms with Crippen molar-refractivity contribution in [2.24, 2.45) is 0 Å². The second kappa shape index (κ2) is 11.4. The summed E-state index contributed by atoms with van der Waals surface area (Å²) in [6.07, 6.45) is 0.480. The number of esters is 1.